The molecule has 0 aliphatic carbocycles. The summed E-state index contributed by atoms with van der Waals surface area (Å²) in [5.41, 5.74) is 5.50. The van der Waals surface area contributed by atoms with E-state index in [2.05, 4.69) is 61.6 Å². The highest BCUT2D eigenvalue weighted by molar-refractivity contribution is 5.74. The average Bonchev–Trinajstić information content (AvgIpc) is 3.24. The standard InChI is InChI=1S/C23H34N4O/c1-16-13-19(23(3,4)5)14-17(2)20(16)7-9-25-22(28)27-11-8-18(15-27)21-24-10-12-26(21)6/h10,12-14,18H,7-9,11,15H2,1-6H3,(H,25,28). The highest BCUT2D eigenvalue weighted by Gasteiger charge is 2.29. The van der Waals surface area contributed by atoms with Crippen LogP contribution in [0.2, 0.25) is 0 Å². The Morgan fingerprint density at radius 2 is 1.93 bits per heavy atom. The summed E-state index contributed by atoms with van der Waals surface area (Å²) >= 11 is 0. The topological polar surface area (TPSA) is 50.2 Å². The number of nitrogens with one attached hydrogen (secondary N) is 1. The number of hydrogen-bond acceptors (Lipinski definition) is 2. The summed E-state index contributed by atoms with van der Waals surface area (Å²) in [5, 5.41) is 3.11. The first-order valence-electron chi connectivity index (χ1n) is 10.3. The van der Waals surface area contributed by atoms with Gasteiger partial charge in [0.25, 0.3) is 0 Å². The normalized spacial score (nSPS) is 17.2. The Hall–Kier alpha value is -2.30. The summed E-state index contributed by atoms with van der Waals surface area (Å²) in [6.45, 7) is 13.3. The molecule has 2 heterocycles. The van der Waals surface area contributed by atoms with Crippen LogP contribution in [-0.4, -0.2) is 40.1 Å². The van der Waals surface area contributed by atoms with Crippen LogP contribution in [0.25, 0.3) is 0 Å². The van der Waals surface area contributed by atoms with Gasteiger partial charge in [0, 0.05) is 45.0 Å². The summed E-state index contributed by atoms with van der Waals surface area (Å²) in [5.74, 6) is 1.40. The van der Waals surface area contributed by atoms with Gasteiger partial charge >= 0.3 is 6.03 Å². The highest BCUT2D eigenvalue weighted by atomic mass is 16.2. The van der Waals surface area contributed by atoms with Crippen molar-refractivity contribution in [2.24, 2.45) is 7.05 Å². The monoisotopic (exact) mass is 382 g/mol. The second kappa shape index (κ2) is 7.98. The molecule has 2 aromatic rings. The Balaban J connectivity index is 1.54. The Labute approximate surface area is 169 Å². The molecule has 152 valence electrons. The predicted molar refractivity (Wildman–Crippen MR) is 114 cm³/mol. The number of carbonyl (C=O) groups excluding carboxylic acids is 1. The van der Waals surface area contributed by atoms with E-state index in [4.69, 9.17) is 0 Å². The average molecular weight is 383 g/mol. The third-order valence-electron chi connectivity index (χ3n) is 5.91. The molecule has 1 aliphatic rings. The predicted octanol–water partition coefficient (Wildman–Crippen LogP) is 4.08. The Kier molecular flexibility index (Phi) is 5.82. The number of urea groups is 1. The molecule has 3 rings (SSSR count). The number of aromatic nitrogens is 2. The molecule has 1 aromatic heterocycles. The molecule has 5 heteroatoms. The lowest BCUT2D eigenvalue weighted by atomic mass is 9.83. The number of rotatable bonds is 4. The number of likely N-dealkylation sites (tertiary alicyclic amines) is 1. The van der Waals surface area contributed by atoms with Gasteiger partial charge in [-0.15, -0.1) is 0 Å². The van der Waals surface area contributed by atoms with Crippen molar-refractivity contribution in [2.45, 2.75) is 58.8 Å². The number of aryl methyl sites for hydroxylation is 3. The zero-order valence-corrected chi connectivity index (χ0v) is 18.2. The molecule has 28 heavy (non-hydrogen) atoms. The number of imidazole rings is 1. The Morgan fingerprint density at radius 3 is 2.50 bits per heavy atom. The van der Waals surface area contributed by atoms with Crippen LogP contribution in [0.5, 0.6) is 0 Å². The quantitative estimate of drug-likeness (QED) is 0.866. The summed E-state index contributed by atoms with van der Waals surface area (Å²) in [6.07, 6.45) is 5.64. The van der Waals surface area contributed by atoms with E-state index in [-0.39, 0.29) is 11.4 Å². The summed E-state index contributed by atoms with van der Waals surface area (Å²) in [7, 11) is 2.01. The second-order valence-corrected chi connectivity index (χ2v) is 9.15. The molecular formula is C23H34N4O. The van der Waals surface area contributed by atoms with E-state index < -0.39 is 0 Å². The van der Waals surface area contributed by atoms with Gasteiger partial charge in [-0.1, -0.05) is 32.9 Å². The Morgan fingerprint density at radius 1 is 1.25 bits per heavy atom. The van der Waals surface area contributed by atoms with Crippen molar-refractivity contribution in [2.75, 3.05) is 19.6 Å². The number of hydrogen-bond donors (Lipinski definition) is 1. The molecule has 1 N–H and O–H groups in total. The molecule has 1 saturated heterocycles. The Bertz CT molecular complexity index is 824. The maximum Gasteiger partial charge on any atom is 0.317 e. The van der Waals surface area contributed by atoms with Gasteiger partial charge in [-0.05, 0) is 54.4 Å². The van der Waals surface area contributed by atoms with Crippen LogP contribution >= 0.6 is 0 Å². The van der Waals surface area contributed by atoms with Crippen LogP contribution in [0.3, 0.4) is 0 Å². The van der Waals surface area contributed by atoms with Gasteiger partial charge in [0.05, 0.1) is 0 Å². The van der Waals surface area contributed by atoms with Gasteiger partial charge in [0.2, 0.25) is 0 Å². The largest absolute Gasteiger partial charge is 0.338 e. The van der Waals surface area contributed by atoms with Gasteiger partial charge in [0.15, 0.2) is 0 Å². The molecule has 1 unspecified atom stereocenters. The zero-order chi connectivity index (χ0) is 20.5. The van der Waals surface area contributed by atoms with E-state index in [1.54, 1.807) is 0 Å². The number of carbonyl (C=O) groups is 1. The summed E-state index contributed by atoms with van der Waals surface area (Å²) in [6, 6.07) is 4.63. The lowest BCUT2D eigenvalue weighted by Gasteiger charge is -2.23. The van der Waals surface area contributed by atoms with Crippen molar-refractivity contribution in [3.8, 4) is 0 Å². The molecule has 0 saturated carbocycles. The van der Waals surface area contributed by atoms with Crippen molar-refractivity contribution in [3.63, 3.8) is 0 Å². The fraction of sp³-hybridized carbons (Fsp3) is 0.565. The van der Waals surface area contributed by atoms with Crippen molar-refractivity contribution < 1.29 is 4.79 Å². The van der Waals surface area contributed by atoms with Crippen LogP contribution < -0.4 is 5.32 Å². The van der Waals surface area contributed by atoms with E-state index in [1.807, 2.05) is 24.3 Å². The van der Waals surface area contributed by atoms with Crippen molar-refractivity contribution in [1.29, 1.82) is 0 Å². The van der Waals surface area contributed by atoms with Gasteiger partial charge in [-0.2, -0.15) is 0 Å². The zero-order valence-electron chi connectivity index (χ0n) is 18.2. The van der Waals surface area contributed by atoms with Crippen molar-refractivity contribution >= 4 is 6.03 Å². The highest BCUT2D eigenvalue weighted by Crippen LogP contribution is 2.27. The van der Waals surface area contributed by atoms with Crippen LogP contribution in [0, 0.1) is 13.8 Å². The first kappa shape index (κ1) is 20.4. The lowest BCUT2D eigenvalue weighted by Crippen LogP contribution is -2.39. The van der Waals surface area contributed by atoms with Crippen LogP contribution in [0.15, 0.2) is 24.5 Å². The molecule has 0 radical (unpaired) electrons. The molecule has 1 aromatic carbocycles. The minimum absolute atomic E-state index is 0.0401. The number of benzene rings is 1. The van der Waals surface area contributed by atoms with Gasteiger partial charge in [-0.3, -0.25) is 0 Å². The SMILES string of the molecule is Cc1cc(C(C)(C)C)cc(C)c1CCNC(=O)N1CCC(c2nccn2C)C1. The third-order valence-corrected chi connectivity index (χ3v) is 5.91. The van der Waals surface area contributed by atoms with Crippen molar-refractivity contribution in [1.82, 2.24) is 19.8 Å². The smallest absolute Gasteiger partial charge is 0.317 e. The fourth-order valence-corrected chi connectivity index (χ4v) is 4.15. The molecular weight excluding hydrogens is 348 g/mol. The van der Waals surface area contributed by atoms with Crippen LogP contribution in [0.1, 0.15) is 61.2 Å². The maximum absolute atomic E-state index is 12.6. The van der Waals surface area contributed by atoms with Crippen molar-refractivity contribution in [3.05, 3.63) is 52.6 Å². The lowest BCUT2D eigenvalue weighted by molar-refractivity contribution is 0.208. The maximum atomic E-state index is 12.6. The fourth-order valence-electron chi connectivity index (χ4n) is 4.15. The second-order valence-electron chi connectivity index (χ2n) is 9.15. The molecule has 5 nitrogen and oxygen atoms in total. The van der Waals surface area contributed by atoms with E-state index in [9.17, 15) is 4.79 Å². The molecule has 2 amide bonds. The number of nitrogens with zero attached hydrogens (tertiary/aromatic N) is 3. The van der Waals surface area contributed by atoms with E-state index in [0.717, 1.165) is 31.8 Å². The van der Waals surface area contributed by atoms with E-state index >= 15 is 0 Å². The molecule has 1 aliphatic heterocycles. The molecule has 0 bridgehead atoms. The van der Waals surface area contributed by atoms with Gasteiger partial charge < -0.3 is 14.8 Å². The third kappa shape index (κ3) is 4.40. The first-order chi connectivity index (χ1) is 13.2. The van der Waals surface area contributed by atoms with Gasteiger partial charge in [0.1, 0.15) is 5.82 Å². The van der Waals surface area contributed by atoms with Crippen LogP contribution in [0.4, 0.5) is 4.79 Å². The molecule has 1 atom stereocenters. The first-order valence-corrected chi connectivity index (χ1v) is 10.3. The molecule has 0 spiro atoms. The minimum Gasteiger partial charge on any atom is -0.338 e. The minimum atomic E-state index is 0.0401. The van der Waals surface area contributed by atoms with Gasteiger partial charge in [-0.25, -0.2) is 9.78 Å². The summed E-state index contributed by atoms with van der Waals surface area (Å²) in [4.78, 5) is 18.9. The number of amides is 2. The molecule has 1 fully saturated rings. The van der Waals surface area contributed by atoms with Crippen LogP contribution in [-0.2, 0) is 18.9 Å². The van der Waals surface area contributed by atoms with E-state index in [1.165, 1.54) is 22.3 Å². The summed E-state index contributed by atoms with van der Waals surface area (Å²) < 4.78 is 2.05. The van der Waals surface area contributed by atoms with E-state index in [0.29, 0.717) is 12.5 Å².